The molecule has 1 aromatic carbocycles. The summed E-state index contributed by atoms with van der Waals surface area (Å²) in [6.45, 7) is 3.76. The van der Waals surface area contributed by atoms with Crippen molar-refractivity contribution in [3.8, 4) is 5.75 Å². The SMILES string of the molecule is CC1=NC(c2cc(OC(F)(F)F)ccc2C)=CCC1. The molecule has 0 spiro atoms. The molecule has 0 aromatic heterocycles. The molecule has 0 bridgehead atoms. The number of nitrogens with zero attached hydrogens (tertiary/aromatic N) is 1. The van der Waals surface area contributed by atoms with Crippen LogP contribution in [0.15, 0.2) is 29.3 Å². The van der Waals surface area contributed by atoms with Crippen LogP contribution in [0.5, 0.6) is 5.75 Å². The molecule has 1 heterocycles. The zero-order chi connectivity index (χ0) is 14.0. The predicted molar refractivity (Wildman–Crippen MR) is 68.2 cm³/mol. The number of allylic oxidation sites excluding steroid dienone is 1. The molecule has 0 amide bonds. The summed E-state index contributed by atoms with van der Waals surface area (Å²) in [6.07, 6.45) is -0.991. The van der Waals surface area contributed by atoms with Crippen molar-refractivity contribution in [3.63, 3.8) is 0 Å². The van der Waals surface area contributed by atoms with Crippen LogP contribution in [0.2, 0.25) is 0 Å². The lowest BCUT2D eigenvalue weighted by molar-refractivity contribution is -0.274. The number of alkyl halides is 3. The Morgan fingerprint density at radius 1 is 1.21 bits per heavy atom. The molecule has 1 aliphatic rings. The van der Waals surface area contributed by atoms with Crippen LogP contribution in [-0.4, -0.2) is 12.1 Å². The van der Waals surface area contributed by atoms with E-state index in [1.807, 2.05) is 19.9 Å². The van der Waals surface area contributed by atoms with Gasteiger partial charge in [0.2, 0.25) is 0 Å². The van der Waals surface area contributed by atoms with Gasteiger partial charge in [-0.1, -0.05) is 12.1 Å². The molecule has 102 valence electrons. The van der Waals surface area contributed by atoms with Crippen molar-refractivity contribution < 1.29 is 17.9 Å². The van der Waals surface area contributed by atoms with Crippen molar-refractivity contribution in [2.75, 3.05) is 0 Å². The van der Waals surface area contributed by atoms with Gasteiger partial charge in [0.1, 0.15) is 5.75 Å². The van der Waals surface area contributed by atoms with Gasteiger partial charge in [0.05, 0.1) is 5.70 Å². The Bertz CT molecular complexity index is 544. The Kier molecular flexibility index (Phi) is 3.64. The number of rotatable bonds is 2. The first-order chi connectivity index (χ1) is 8.85. The highest BCUT2D eigenvalue weighted by atomic mass is 19.4. The molecule has 1 aliphatic heterocycles. The maximum absolute atomic E-state index is 12.2. The van der Waals surface area contributed by atoms with E-state index in [-0.39, 0.29) is 5.75 Å². The van der Waals surface area contributed by atoms with Gasteiger partial charge in [0, 0.05) is 11.3 Å². The standard InChI is InChI=1S/C14H14F3NO/c1-9-6-7-11(19-14(15,16)17)8-12(9)13-5-3-4-10(2)18-13/h5-8H,3-4H2,1-2H3. The highest BCUT2D eigenvalue weighted by Gasteiger charge is 2.31. The van der Waals surface area contributed by atoms with Gasteiger partial charge in [-0.05, 0) is 44.4 Å². The Morgan fingerprint density at radius 3 is 2.58 bits per heavy atom. The number of aryl methyl sites for hydroxylation is 1. The third-order valence-electron chi connectivity index (χ3n) is 2.87. The maximum atomic E-state index is 12.2. The number of benzene rings is 1. The van der Waals surface area contributed by atoms with E-state index in [0.29, 0.717) is 11.3 Å². The summed E-state index contributed by atoms with van der Waals surface area (Å²) in [5, 5.41) is 0. The largest absolute Gasteiger partial charge is 0.573 e. The van der Waals surface area contributed by atoms with Crippen molar-refractivity contribution in [1.82, 2.24) is 0 Å². The number of hydrogen-bond acceptors (Lipinski definition) is 2. The first-order valence-electron chi connectivity index (χ1n) is 5.96. The van der Waals surface area contributed by atoms with Crippen LogP contribution in [0.25, 0.3) is 5.70 Å². The molecule has 0 N–H and O–H groups in total. The Labute approximate surface area is 109 Å². The fourth-order valence-corrected chi connectivity index (χ4v) is 1.97. The summed E-state index contributed by atoms with van der Waals surface area (Å²) >= 11 is 0. The van der Waals surface area contributed by atoms with Gasteiger partial charge in [0.15, 0.2) is 0 Å². The maximum Gasteiger partial charge on any atom is 0.573 e. The molecule has 0 radical (unpaired) electrons. The topological polar surface area (TPSA) is 21.6 Å². The molecule has 0 saturated carbocycles. The first kappa shape index (κ1) is 13.6. The summed E-state index contributed by atoms with van der Waals surface area (Å²) in [5.41, 5.74) is 3.26. The molecule has 5 heteroatoms. The van der Waals surface area contributed by atoms with E-state index in [4.69, 9.17) is 0 Å². The van der Waals surface area contributed by atoms with Gasteiger partial charge >= 0.3 is 6.36 Å². The van der Waals surface area contributed by atoms with Gasteiger partial charge in [-0.15, -0.1) is 13.2 Å². The minimum Gasteiger partial charge on any atom is -0.406 e. The van der Waals surface area contributed by atoms with E-state index >= 15 is 0 Å². The average Bonchev–Trinajstić information content (AvgIpc) is 2.30. The average molecular weight is 269 g/mol. The first-order valence-corrected chi connectivity index (χ1v) is 5.96. The zero-order valence-corrected chi connectivity index (χ0v) is 10.7. The van der Waals surface area contributed by atoms with Crippen molar-refractivity contribution >= 4 is 11.4 Å². The number of hydrogen-bond donors (Lipinski definition) is 0. The minimum absolute atomic E-state index is 0.215. The van der Waals surface area contributed by atoms with Crippen molar-refractivity contribution in [3.05, 3.63) is 35.4 Å². The molecule has 2 nitrogen and oxygen atoms in total. The summed E-state index contributed by atoms with van der Waals surface area (Å²) in [7, 11) is 0. The van der Waals surface area contributed by atoms with Crippen LogP contribution in [0.4, 0.5) is 13.2 Å². The van der Waals surface area contributed by atoms with E-state index in [0.717, 1.165) is 24.1 Å². The third kappa shape index (κ3) is 3.59. The summed E-state index contributed by atoms with van der Waals surface area (Å²) in [4.78, 5) is 4.39. The predicted octanol–water partition coefficient (Wildman–Crippen LogP) is 4.49. The van der Waals surface area contributed by atoms with Crippen LogP contribution in [0, 0.1) is 6.92 Å². The van der Waals surface area contributed by atoms with E-state index in [1.54, 1.807) is 6.07 Å². The number of aliphatic imine (C=N–C) groups is 1. The second-order valence-corrected chi connectivity index (χ2v) is 4.50. The smallest absolute Gasteiger partial charge is 0.406 e. The lowest BCUT2D eigenvalue weighted by atomic mass is 10.0. The Morgan fingerprint density at radius 2 is 1.95 bits per heavy atom. The molecule has 1 aromatic rings. The molecular formula is C14H14F3NO. The van der Waals surface area contributed by atoms with Gasteiger partial charge < -0.3 is 4.74 Å². The Balaban J connectivity index is 2.35. The molecule has 0 unspecified atom stereocenters. The van der Waals surface area contributed by atoms with Crippen LogP contribution in [0.1, 0.15) is 30.9 Å². The van der Waals surface area contributed by atoms with Gasteiger partial charge in [-0.3, -0.25) is 4.99 Å². The molecule has 0 saturated heterocycles. The van der Waals surface area contributed by atoms with Crippen LogP contribution >= 0.6 is 0 Å². The lowest BCUT2D eigenvalue weighted by Gasteiger charge is -2.15. The van der Waals surface area contributed by atoms with Gasteiger partial charge in [0.25, 0.3) is 0 Å². The fourth-order valence-electron chi connectivity index (χ4n) is 1.97. The van der Waals surface area contributed by atoms with Gasteiger partial charge in [-0.2, -0.15) is 0 Å². The zero-order valence-electron chi connectivity index (χ0n) is 10.7. The highest BCUT2D eigenvalue weighted by molar-refractivity contribution is 5.90. The second-order valence-electron chi connectivity index (χ2n) is 4.50. The van der Waals surface area contributed by atoms with Crippen molar-refractivity contribution in [2.24, 2.45) is 4.99 Å². The molecule has 19 heavy (non-hydrogen) atoms. The molecular weight excluding hydrogens is 255 g/mol. The van der Waals surface area contributed by atoms with E-state index in [2.05, 4.69) is 9.73 Å². The van der Waals surface area contributed by atoms with Crippen molar-refractivity contribution in [2.45, 2.75) is 33.1 Å². The van der Waals surface area contributed by atoms with Crippen molar-refractivity contribution in [1.29, 1.82) is 0 Å². The third-order valence-corrected chi connectivity index (χ3v) is 2.87. The van der Waals surface area contributed by atoms with Crippen LogP contribution < -0.4 is 4.74 Å². The minimum atomic E-state index is -4.67. The van der Waals surface area contributed by atoms with Crippen LogP contribution in [0.3, 0.4) is 0 Å². The molecule has 0 atom stereocenters. The number of ether oxygens (including phenoxy) is 1. The number of halogens is 3. The lowest BCUT2D eigenvalue weighted by Crippen LogP contribution is -2.17. The Hall–Kier alpha value is -1.78. The summed E-state index contributed by atoms with van der Waals surface area (Å²) in [6, 6.07) is 4.31. The fraction of sp³-hybridized carbons (Fsp3) is 0.357. The van der Waals surface area contributed by atoms with E-state index < -0.39 is 6.36 Å². The molecule has 0 aliphatic carbocycles. The summed E-state index contributed by atoms with van der Waals surface area (Å²) < 4.78 is 40.6. The summed E-state index contributed by atoms with van der Waals surface area (Å²) in [5.74, 6) is -0.215. The quantitative estimate of drug-likeness (QED) is 0.775. The highest BCUT2D eigenvalue weighted by Crippen LogP contribution is 2.30. The van der Waals surface area contributed by atoms with E-state index in [1.165, 1.54) is 12.1 Å². The van der Waals surface area contributed by atoms with Gasteiger partial charge in [-0.25, -0.2) is 0 Å². The second kappa shape index (κ2) is 5.07. The molecule has 0 fully saturated rings. The molecule has 2 rings (SSSR count). The van der Waals surface area contributed by atoms with Crippen LogP contribution in [-0.2, 0) is 0 Å². The monoisotopic (exact) mass is 269 g/mol. The normalized spacial score (nSPS) is 15.8. The van der Waals surface area contributed by atoms with E-state index in [9.17, 15) is 13.2 Å².